The van der Waals surface area contributed by atoms with Crippen LogP contribution in [0.1, 0.15) is 128 Å². The number of oxime groups is 2. The molecule has 2 saturated carbocycles. The van der Waals surface area contributed by atoms with Crippen molar-refractivity contribution in [2.24, 2.45) is 34.0 Å². The summed E-state index contributed by atoms with van der Waals surface area (Å²) in [5.74, 6) is -0.562. The van der Waals surface area contributed by atoms with Crippen LogP contribution in [0.15, 0.2) is 157 Å². The quantitative estimate of drug-likeness (QED) is 0.00874. The lowest BCUT2D eigenvalue weighted by Gasteiger charge is -2.26. The van der Waals surface area contributed by atoms with Gasteiger partial charge in [0.15, 0.2) is 0 Å². The van der Waals surface area contributed by atoms with Gasteiger partial charge in [-0.2, -0.15) is 0 Å². The van der Waals surface area contributed by atoms with Crippen LogP contribution in [0, 0.1) is 23.7 Å². The Hall–Kier alpha value is -10.5. The summed E-state index contributed by atoms with van der Waals surface area (Å²) >= 11 is 2.60. The van der Waals surface area contributed by atoms with Crippen LogP contribution in [0.25, 0.3) is 31.6 Å². The standard InChI is InChI=1S/C78H82N4O18S2/c1-5-71(83)93-43-15-11-9-13-41-91-59-27-31-61(32-28-59)95-73(85)51-17-21-53(22-18-51)75(87)97-67-37-25-55(45-57(67)49-79-99-77-81-65-47-63(89-7-3)35-39-69(65)101-77)56-26-38-68(58(46-56)50-80-100-78-82-66-48-64(90-8-4)36-40-70(66)102-78)98-76(88)54-23-19-52(20-24-54)74(86)96-62-33-29-60(30-34-62)92-42-14-10-12-16-44-94-72(84)6-2/h5-6,25-40,45-54H,1-2,7-24,41-44H2,3-4H3/b79-49+,80-50+. The molecule has 0 amide bonds. The number of hydrogen-bond donors (Lipinski definition) is 0. The van der Waals surface area contributed by atoms with Gasteiger partial charge in [-0.25, -0.2) is 19.6 Å². The second kappa shape index (κ2) is 38.4. The number of benzene rings is 6. The highest BCUT2D eigenvalue weighted by Crippen LogP contribution is 2.38. The number of aromatic nitrogens is 2. The molecule has 8 aromatic rings. The first-order valence-corrected chi connectivity index (χ1v) is 36.1. The molecule has 0 saturated heterocycles. The molecule has 0 aliphatic heterocycles. The van der Waals surface area contributed by atoms with Crippen molar-refractivity contribution in [3.63, 3.8) is 0 Å². The SMILES string of the molecule is C=CC(=O)OCCCCCCOc1ccc(OC(=O)C2CCC(C(=O)Oc3ccc(-c4ccc(OC(=O)C5CCC(C(=O)Oc6ccc(OCCCCCCOC(=O)C=C)cc6)CC5)c(/C=N/Oc5nc6cc(OCC)ccc6s5)c4)cc3/C=N/Oc3nc4cc(OCC)ccc4s3)CC2)cc1. The Balaban J connectivity index is 0.791. The Morgan fingerprint density at radius 1 is 0.412 bits per heavy atom. The molecule has 2 fully saturated rings. The van der Waals surface area contributed by atoms with Gasteiger partial charge < -0.3 is 57.0 Å². The average molecular weight is 1430 g/mol. The topological polar surface area (TPSA) is 264 Å². The number of fused-ring (bicyclic) bond motifs is 2. The van der Waals surface area contributed by atoms with Gasteiger partial charge in [-0.3, -0.25) is 19.2 Å². The third-order valence-corrected chi connectivity index (χ3v) is 18.8. The van der Waals surface area contributed by atoms with Crippen LogP contribution in [0.5, 0.6) is 56.4 Å². The Morgan fingerprint density at radius 2 is 0.755 bits per heavy atom. The number of ether oxygens (including phenoxy) is 10. The maximum Gasteiger partial charge on any atom is 0.330 e. The van der Waals surface area contributed by atoms with Crippen LogP contribution in [0.2, 0.25) is 0 Å². The number of rotatable bonds is 37. The zero-order valence-electron chi connectivity index (χ0n) is 57.1. The van der Waals surface area contributed by atoms with Gasteiger partial charge in [-0.05, 0) is 225 Å². The van der Waals surface area contributed by atoms with E-state index < -0.39 is 47.5 Å². The van der Waals surface area contributed by atoms with E-state index in [1.54, 1.807) is 84.9 Å². The van der Waals surface area contributed by atoms with E-state index in [2.05, 4.69) is 33.4 Å². The molecule has 0 N–H and O–H groups in total. The minimum Gasteiger partial charge on any atom is -0.494 e. The van der Waals surface area contributed by atoms with Crippen molar-refractivity contribution in [1.82, 2.24) is 9.97 Å². The number of nitrogens with zero attached hydrogens (tertiary/aromatic N) is 4. The van der Waals surface area contributed by atoms with Crippen molar-refractivity contribution in [3.05, 3.63) is 158 Å². The molecule has 102 heavy (non-hydrogen) atoms. The fourth-order valence-electron chi connectivity index (χ4n) is 11.5. The highest BCUT2D eigenvalue weighted by molar-refractivity contribution is 7.20. The van der Waals surface area contributed by atoms with Crippen LogP contribution in [-0.4, -0.2) is 97.9 Å². The molecule has 0 spiro atoms. The van der Waals surface area contributed by atoms with Gasteiger partial charge in [0.2, 0.25) is 0 Å². The van der Waals surface area contributed by atoms with E-state index in [9.17, 15) is 28.8 Å². The van der Waals surface area contributed by atoms with Crippen molar-refractivity contribution >= 4 is 91.4 Å². The molecule has 2 aromatic heterocycles. The zero-order valence-corrected chi connectivity index (χ0v) is 58.7. The molecule has 10 rings (SSSR count). The number of hydrogen-bond acceptors (Lipinski definition) is 24. The highest BCUT2D eigenvalue weighted by Gasteiger charge is 2.34. The fourth-order valence-corrected chi connectivity index (χ4v) is 13.1. The van der Waals surface area contributed by atoms with Gasteiger partial charge in [-0.1, -0.05) is 58.3 Å². The number of carbonyl (C=O) groups excluding carboxylic acids is 6. The van der Waals surface area contributed by atoms with Crippen LogP contribution in [-0.2, 0) is 38.2 Å². The minimum atomic E-state index is -0.509. The van der Waals surface area contributed by atoms with Gasteiger partial charge in [0.25, 0.3) is 0 Å². The summed E-state index contributed by atoms with van der Waals surface area (Å²) in [5.41, 5.74) is 3.42. The lowest BCUT2D eigenvalue weighted by atomic mass is 9.82. The molecule has 24 heteroatoms. The maximum atomic E-state index is 14.1. The predicted octanol–water partition coefficient (Wildman–Crippen LogP) is 16.2. The van der Waals surface area contributed by atoms with Crippen molar-refractivity contribution in [2.45, 2.75) is 117 Å². The summed E-state index contributed by atoms with van der Waals surface area (Å²) in [6, 6.07) is 35.5. The van der Waals surface area contributed by atoms with Crippen LogP contribution < -0.4 is 47.6 Å². The molecule has 2 aliphatic rings. The van der Waals surface area contributed by atoms with E-state index >= 15 is 0 Å². The van der Waals surface area contributed by atoms with Crippen LogP contribution >= 0.6 is 22.7 Å². The summed E-state index contributed by atoms with van der Waals surface area (Å²) in [7, 11) is 0. The Kier molecular flexibility index (Phi) is 27.9. The van der Waals surface area contributed by atoms with E-state index in [-0.39, 0.29) is 33.8 Å². The van der Waals surface area contributed by atoms with E-state index in [4.69, 9.17) is 57.0 Å². The molecule has 0 atom stereocenters. The first-order valence-electron chi connectivity index (χ1n) is 34.5. The highest BCUT2D eigenvalue weighted by atomic mass is 32.1. The summed E-state index contributed by atoms with van der Waals surface area (Å²) in [6.07, 6.45) is 15.3. The molecular weight excluding hydrogens is 1350 g/mol. The molecule has 22 nitrogen and oxygen atoms in total. The summed E-state index contributed by atoms with van der Waals surface area (Å²) in [6.45, 7) is 13.3. The van der Waals surface area contributed by atoms with Crippen LogP contribution in [0.4, 0.5) is 0 Å². The smallest absolute Gasteiger partial charge is 0.330 e. The molecule has 6 aromatic carbocycles. The van der Waals surface area contributed by atoms with Gasteiger partial charge in [-0.15, -0.1) is 0 Å². The number of carbonyl (C=O) groups is 6. The molecule has 2 heterocycles. The maximum absolute atomic E-state index is 14.1. The van der Waals surface area contributed by atoms with E-state index in [1.807, 2.05) is 50.2 Å². The Labute approximate surface area is 599 Å². The summed E-state index contributed by atoms with van der Waals surface area (Å²) < 4.78 is 58.8. The normalized spacial score (nSPS) is 15.8. The average Bonchev–Trinajstić information content (AvgIpc) is 1.60. The van der Waals surface area contributed by atoms with Gasteiger partial charge in [0.05, 0.1) is 96.2 Å². The first-order chi connectivity index (χ1) is 49.8. The second-order valence-corrected chi connectivity index (χ2v) is 26.2. The lowest BCUT2D eigenvalue weighted by Crippen LogP contribution is -2.30. The Bertz CT molecular complexity index is 3960. The number of thiazole rings is 2. The van der Waals surface area contributed by atoms with E-state index in [0.29, 0.717) is 159 Å². The summed E-state index contributed by atoms with van der Waals surface area (Å²) in [4.78, 5) is 98.5. The fraction of sp³-hybridized carbons (Fsp3) is 0.359. The van der Waals surface area contributed by atoms with Gasteiger partial charge in [0, 0.05) is 35.4 Å². The minimum absolute atomic E-state index is 0.204. The molecule has 534 valence electrons. The number of unbranched alkanes of at least 4 members (excludes halogenated alkanes) is 6. The molecule has 0 radical (unpaired) electrons. The van der Waals surface area contributed by atoms with E-state index in [0.717, 1.165) is 72.9 Å². The largest absolute Gasteiger partial charge is 0.494 e. The van der Waals surface area contributed by atoms with Crippen molar-refractivity contribution in [1.29, 1.82) is 0 Å². The third kappa shape index (κ3) is 22.3. The molecule has 0 bridgehead atoms. The Morgan fingerprint density at radius 3 is 1.12 bits per heavy atom. The lowest BCUT2D eigenvalue weighted by molar-refractivity contribution is -0.145. The monoisotopic (exact) mass is 1430 g/mol. The first kappa shape index (κ1) is 74.2. The predicted molar refractivity (Wildman–Crippen MR) is 386 cm³/mol. The van der Waals surface area contributed by atoms with Crippen molar-refractivity contribution in [3.8, 4) is 67.5 Å². The molecule has 0 unspecified atom stereocenters. The van der Waals surface area contributed by atoms with Crippen molar-refractivity contribution < 1.29 is 85.8 Å². The van der Waals surface area contributed by atoms with E-state index in [1.165, 1.54) is 35.1 Å². The molecular formula is C78H82N4O18S2. The number of esters is 6. The summed E-state index contributed by atoms with van der Waals surface area (Å²) in [5, 5.41) is 9.21. The second-order valence-electron chi connectivity index (χ2n) is 24.2. The molecule has 2 aliphatic carbocycles. The van der Waals surface area contributed by atoms with Gasteiger partial charge in [0.1, 0.15) is 46.0 Å². The zero-order chi connectivity index (χ0) is 71.4. The van der Waals surface area contributed by atoms with Crippen LogP contribution in [0.3, 0.4) is 0 Å². The van der Waals surface area contributed by atoms with Crippen molar-refractivity contribution in [2.75, 3.05) is 39.6 Å². The van der Waals surface area contributed by atoms with Gasteiger partial charge >= 0.3 is 46.2 Å². The third-order valence-electron chi connectivity index (χ3n) is 17.0.